The Morgan fingerprint density at radius 2 is 2.06 bits per heavy atom. The van der Waals surface area contributed by atoms with E-state index < -0.39 is 11.6 Å². The van der Waals surface area contributed by atoms with Crippen molar-refractivity contribution in [1.82, 2.24) is 0 Å². The smallest absolute Gasteiger partial charge is 0.343 e. The average Bonchev–Trinajstić information content (AvgIpc) is 2.29. The largest absolute Gasteiger partial charge is 0.432 e. The highest BCUT2D eigenvalue weighted by Crippen LogP contribution is 2.28. The van der Waals surface area contributed by atoms with Gasteiger partial charge >= 0.3 is 5.97 Å². The van der Waals surface area contributed by atoms with E-state index in [2.05, 4.69) is 6.58 Å². The van der Waals surface area contributed by atoms with Gasteiger partial charge in [-0.25, -0.2) is 4.79 Å². The summed E-state index contributed by atoms with van der Waals surface area (Å²) >= 11 is 0. The molecule has 0 aliphatic rings. The molecule has 3 nitrogen and oxygen atoms in total. The maximum Gasteiger partial charge on any atom is 0.343 e. The molecule has 0 heterocycles. The molecule has 0 saturated heterocycles. The van der Waals surface area contributed by atoms with Gasteiger partial charge in [0.1, 0.15) is 0 Å². The van der Waals surface area contributed by atoms with Gasteiger partial charge in [-0.05, 0) is 32.4 Å². The summed E-state index contributed by atoms with van der Waals surface area (Å²) in [6.45, 7) is 9.74. The lowest BCUT2D eigenvalue weighted by atomic mass is 9.93. The maximum atomic E-state index is 11.8. The monoisotopic (exact) mass is 234 g/mol. The lowest BCUT2D eigenvalue weighted by molar-refractivity contribution is -0.0150. The quantitative estimate of drug-likeness (QED) is 0.579. The average molecular weight is 234 g/mol. The number of esters is 1. The molecule has 17 heavy (non-hydrogen) atoms. The van der Waals surface area contributed by atoms with E-state index in [0.29, 0.717) is 12.2 Å². The molecular formula is C14H18O3. The van der Waals surface area contributed by atoms with Crippen LogP contribution in [0.5, 0.6) is 0 Å². The van der Waals surface area contributed by atoms with Crippen LogP contribution in [0.1, 0.15) is 36.7 Å². The van der Waals surface area contributed by atoms with Gasteiger partial charge < -0.3 is 9.47 Å². The number of carbonyl (C=O) groups is 1. The SMILES string of the molecule is C=COC(=O)c1ccccc1C(C)(C)OCC. The number of hydrogen-bond donors (Lipinski definition) is 0. The second-order valence-corrected chi connectivity index (χ2v) is 4.06. The highest BCUT2D eigenvalue weighted by molar-refractivity contribution is 5.91. The first-order valence-corrected chi connectivity index (χ1v) is 5.58. The Balaban J connectivity index is 3.15. The Labute approximate surface area is 102 Å². The molecule has 0 amide bonds. The molecule has 0 saturated carbocycles. The topological polar surface area (TPSA) is 35.5 Å². The van der Waals surface area contributed by atoms with Gasteiger partial charge in [-0.3, -0.25) is 0 Å². The molecular weight excluding hydrogens is 216 g/mol. The van der Waals surface area contributed by atoms with Gasteiger partial charge in [0.15, 0.2) is 0 Å². The Kier molecular flexibility index (Phi) is 4.46. The van der Waals surface area contributed by atoms with Crippen LogP contribution < -0.4 is 0 Å². The standard InChI is InChI=1S/C14H18O3/c1-5-16-13(15)11-9-7-8-10-12(11)14(3,4)17-6-2/h5,7-10H,1,6H2,2-4H3. The summed E-state index contributed by atoms with van der Waals surface area (Å²) in [6.07, 6.45) is 1.13. The van der Waals surface area contributed by atoms with Gasteiger partial charge in [0, 0.05) is 6.61 Å². The van der Waals surface area contributed by atoms with Gasteiger partial charge in [0.25, 0.3) is 0 Å². The van der Waals surface area contributed by atoms with Crippen molar-refractivity contribution in [2.24, 2.45) is 0 Å². The van der Waals surface area contributed by atoms with Crippen molar-refractivity contribution in [3.8, 4) is 0 Å². The third-order valence-electron chi connectivity index (χ3n) is 2.49. The van der Waals surface area contributed by atoms with Crippen LogP contribution in [0.2, 0.25) is 0 Å². The molecule has 0 fully saturated rings. The van der Waals surface area contributed by atoms with Crippen molar-refractivity contribution in [3.63, 3.8) is 0 Å². The highest BCUT2D eigenvalue weighted by Gasteiger charge is 2.26. The zero-order valence-corrected chi connectivity index (χ0v) is 10.5. The summed E-state index contributed by atoms with van der Waals surface area (Å²) in [6, 6.07) is 7.27. The molecule has 0 radical (unpaired) electrons. The third-order valence-corrected chi connectivity index (χ3v) is 2.49. The second-order valence-electron chi connectivity index (χ2n) is 4.06. The molecule has 0 aliphatic carbocycles. The van der Waals surface area contributed by atoms with E-state index in [0.717, 1.165) is 11.8 Å². The third kappa shape index (κ3) is 3.17. The van der Waals surface area contributed by atoms with Crippen LogP contribution in [0, 0.1) is 0 Å². The van der Waals surface area contributed by atoms with E-state index in [4.69, 9.17) is 9.47 Å². The summed E-state index contributed by atoms with van der Waals surface area (Å²) in [5, 5.41) is 0. The van der Waals surface area contributed by atoms with Crippen molar-refractivity contribution < 1.29 is 14.3 Å². The number of ether oxygens (including phenoxy) is 2. The Hall–Kier alpha value is -1.61. The molecule has 0 aliphatic heterocycles. The summed E-state index contributed by atoms with van der Waals surface area (Å²) in [4.78, 5) is 11.8. The summed E-state index contributed by atoms with van der Waals surface area (Å²) in [5.41, 5.74) is 0.797. The van der Waals surface area contributed by atoms with Crippen LogP contribution in [0.15, 0.2) is 37.1 Å². The summed E-state index contributed by atoms with van der Waals surface area (Å²) < 4.78 is 10.5. The number of benzene rings is 1. The van der Waals surface area contributed by atoms with Crippen LogP contribution in [0.4, 0.5) is 0 Å². The first-order valence-electron chi connectivity index (χ1n) is 5.58. The summed E-state index contributed by atoms with van der Waals surface area (Å²) in [7, 11) is 0. The van der Waals surface area contributed by atoms with Crippen molar-refractivity contribution in [3.05, 3.63) is 48.2 Å². The fourth-order valence-corrected chi connectivity index (χ4v) is 1.76. The van der Waals surface area contributed by atoms with E-state index in [1.54, 1.807) is 12.1 Å². The lowest BCUT2D eigenvalue weighted by Crippen LogP contribution is -2.24. The minimum Gasteiger partial charge on any atom is -0.432 e. The van der Waals surface area contributed by atoms with E-state index in [1.165, 1.54) is 0 Å². The molecule has 1 rings (SSSR count). The van der Waals surface area contributed by atoms with Crippen molar-refractivity contribution >= 4 is 5.97 Å². The van der Waals surface area contributed by atoms with Crippen LogP contribution in [0.25, 0.3) is 0 Å². The fourth-order valence-electron chi connectivity index (χ4n) is 1.76. The maximum absolute atomic E-state index is 11.8. The molecule has 0 atom stereocenters. The lowest BCUT2D eigenvalue weighted by Gasteiger charge is -2.26. The fraction of sp³-hybridized carbons (Fsp3) is 0.357. The van der Waals surface area contributed by atoms with Gasteiger partial charge in [-0.1, -0.05) is 24.8 Å². The molecule has 3 heteroatoms. The van der Waals surface area contributed by atoms with Gasteiger partial charge in [0.05, 0.1) is 17.4 Å². The van der Waals surface area contributed by atoms with Crippen LogP contribution >= 0.6 is 0 Å². The van der Waals surface area contributed by atoms with Gasteiger partial charge in [0.2, 0.25) is 0 Å². The first kappa shape index (κ1) is 13.5. The number of rotatable bonds is 5. The number of hydrogen-bond acceptors (Lipinski definition) is 3. The van der Waals surface area contributed by atoms with Crippen LogP contribution in [-0.2, 0) is 15.1 Å². The van der Waals surface area contributed by atoms with Gasteiger partial charge in [-0.15, -0.1) is 0 Å². The zero-order valence-electron chi connectivity index (χ0n) is 10.5. The molecule has 0 bridgehead atoms. The van der Waals surface area contributed by atoms with E-state index in [1.807, 2.05) is 32.9 Å². The molecule has 92 valence electrons. The molecule has 1 aromatic carbocycles. The van der Waals surface area contributed by atoms with E-state index >= 15 is 0 Å². The second kappa shape index (κ2) is 5.64. The van der Waals surface area contributed by atoms with Crippen molar-refractivity contribution in [2.75, 3.05) is 6.61 Å². The molecule has 0 spiro atoms. The Bertz CT molecular complexity index is 408. The molecule has 0 N–H and O–H groups in total. The Morgan fingerprint density at radius 1 is 1.41 bits per heavy atom. The minimum absolute atomic E-state index is 0.414. The minimum atomic E-state index is -0.522. The normalized spacial score (nSPS) is 11.0. The Morgan fingerprint density at radius 3 is 2.65 bits per heavy atom. The zero-order chi connectivity index (χ0) is 12.9. The molecule has 1 aromatic rings. The molecule has 0 unspecified atom stereocenters. The highest BCUT2D eigenvalue weighted by atomic mass is 16.5. The van der Waals surface area contributed by atoms with Crippen LogP contribution in [0.3, 0.4) is 0 Å². The van der Waals surface area contributed by atoms with Crippen molar-refractivity contribution in [1.29, 1.82) is 0 Å². The first-order chi connectivity index (χ1) is 8.03. The predicted molar refractivity (Wildman–Crippen MR) is 66.7 cm³/mol. The summed E-state index contributed by atoms with van der Waals surface area (Å²) in [5.74, 6) is -0.414. The van der Waals surface area contributed by atoms with E-state index in [9.17, 15) is 4.79 Å². The van der Waals surface area contributed by atoms with Crippen LogP contribution in [-0.4, -0.2) is 12.6 Å². The van der Waals surface area contributed by atoms with E-state index in [-0.39, 0.29) is 0 Å². The molecule has 0 aromatic heterocycles. The van der Waals surface area contributed by atoms with Crippen molar-refractivity contribution in [2.45, 2.75) is 26.4 Å². The number of carbonyl (C=O) groups excluding carboxylic acids is 1. The predicted octanol–water partition coefficient (Wildman–Crippen LogP) is 3.26. The van der Waals surface area contributed by atoms with Gasteiger partial charge in [-0.2, -0.15) is 0 Å².